The lowest BCUT2D eigenvalue weighted by molar-refractivity contribution is -0.150. The molecule has 3 aromatic carbocycles. The van der Waals surface area contributed by atoms with Gasteiger partial charge in [-0.05, 0) is 42.3 Å². The first-order valence-electron chi connectivity index (χ1n) is 10.0. The van der Waals surface area contributed by atoms with E-state index in [0.717, 1.165) is 16.8 Å². The van der Waals surface area contributed by atoms with Crippen molar-refractivity contribution in [2.75, 3.05) is 11.5 Å². The lowest BCUT2D eigenvalue weighted by Crippen LogP contribution is -2.52. The third-order valence-corrected chi connectivity index (χ3v) is 5.30. The average molecular weight is 420 g/mol. The summed E-state index contributed by atoms with van der Waals surface area (Å²) in [5.41, 5.74) is 1.66. The summed E-state index contributed by atoms with van der Waals surface area (Å²) in [4.78, 5) is 15.7. The van der Waals surface area contributed by atoms with E-state index in [1.54, 1.807) is 12.1 Å². The molecule has 0 aliphatic rings. The number of para-hydroxylation sites is 1. The van der Waals surface area contributed by atoms with Crippen molar-refractivity contribution >= 4 is 23.3 Å². The number of benzene rings is 3. The smallest absolute Gasteiger partial charge is 0.337 e. The lowest BCUT2D eigenvalue weighted by Gasteiger charge is -2.43. The van der Waals surface area contributed by atoms with Gasteiger partial charge < -0.3 is 9.64 Å². The minimum atomic E-state index is -1.11. The van der Waals surface area contributed by atoms with Crippen LogP contribution in [0, 0.1) is 0 Å². The van der Waals surface area contributed by atoms with Crippen LogP contribution in [0.4, 0.5) is 5.69 Å². The quantitative estimate of drug-likeness (QED) is 0.297. The van der Waals surface area contributed by atoms with Gasteiger partial charge in [0, 0.05) is 23.7 Å². The first-order chi connectivity index (χ1) is 14.6. The number of anilines is 1. The molecule has 0 saturated heterocycles. The molecule has 1 unspecified atom stereocenters. The van der Waals surface area contributed by atoms with Crippen LogP contribution in [0.3, 0.4) is 0 Å². The third kappa shape index (κ3) is 4.58. The van der Waals surface area contributed by atoms with Crippen molar-refractivity contribution in [3.05, 3.63) is 114 Å². The summed E-state index contributed by atoms with van der Waals surface area (Å²) in [6.07, 6.45) is 2.13. The van der Waals surface area contributed by atoms with Gasteiger partial charge >= 0.3 is 5.97 Å². The van der Waals surface area contributed by atoms with Crippen molar-refractivity contribution in [1.82, 2.24) is 0 Å². The zero-order chi connectivity index (χ0) is 21.4. The molecular weight excluding hydrogens is 394 g/mol. The van der Waals surface area contributed by atoms with Gasteiger partial charge in [0.15, 0.2) is 5.54 Å². The van der Waals surface area contributed by atoms with Crippen molar-refractivity contribution < 1.29 is 9.53 Å². The summed E-state index contributed by atoms with van der Waals surface area (Å²) in [7, 11) is 0. The van der Waals surface area contributed by atoms with Crippen molar-refractivity contribution in [3.8, 4) is 0 Å². The van der Waals surface area contributed by atoms with Gasteiger partial charge in [-0.25, -0.2) is 4.79 Å². The number of carbonyl (C=O) groups excluding carboxylic acids is 1. The van der Waals surface area contributed by atoms with Crippen molar-refractivity contribution in [2.45, 2.75) is 25.4 Å². The molecule has 0 aliphatic carbocycles. The maximum absolute atomic E-state index is 13.6. The maximum Gasteiger partial charge on any atom is 0.337 e. The largest absolute Gasteiger partial charge is 0.464 e. The Bertz CT molecular complexity index is 975. The first-order valence-corrected chi connectivity index (χ1v) is 10.4. The molecule has 30 heavy (non-hydrogen) atoms. The Balaban J connectivity index is 2.26. The molecule has 154 valence electrons. The number of ether oxygens (including phenoxy) is 1. The van der Waals surface area contributed by atoms with Crippen LogP contribution in [0.2, 0.25) is 5.02 Å². The van der Waals surface area contributed by atoms with Gasteiger partial charge in [-0.15, -0.1) is 6.58 Å². The van der Waals surface area contributed by atoms with Gasteiger partial charge in [0.25, 0.3) is 0 Å². The zero-order valence-electron chi connectivity index (χ0n) is 17.1. The Kier molecular flexibility index (Phi) is 7.31. The van der Waals surface area contributed by atoms with Crippen LogP contribution in [-0.2, 0) is 21.6 Å². The molecular formula is C26H26ClNO2. The van der Waals surface area contributed by atoms with E-state index in [9.17, 15) is 4.79 Å². The SMILES string of the molecule is C=CCC(C(=O)OCC)(c1cccc(Cl)c1)N(Cc1ccccc1)c1ccccc1. The van der Waals surface area contributed by atoms with Crippen LogP contribution in [0.5, 0.6) is 0 Å². The maximum atomic E-state index is 13.6. The minimum absolute atomic E-state index is 0.284. The van der Waals surface area contributed by atoms with Crippen LogP contribution in [0.25, 0.3) is 0 Å². The summed E-state index contributed by atoms with van der Waals surface area (Å²) in [5, 5.41) is 0.568. The Hall–Kier alpha value is -3.04. The molecule has 0 radical (unpaired) electrons. The Morgan fingerprint density at radius 3 is 2.30 bits per heavy atom. The van der Waals surface area contributed by atoms with E-state index < -0.39 is 5.54 Å². The number of esters is 1. The van der Waals surface area contributed by atoms with Gasteiger partial charge in [-0.1, -0.05) is 78.3 Å². The van der Waals surface area contributed by atoms with E-state index in [1.807, 2.05) is 73.7 Å². The monoisotopic (exact) mass is 419 g/mol. The molecule has 0 amide bonds. The molecule has 0 aliphatic heterocycles. The van der Waals surface area contributed by atoms with E-state index in [4.69, 9.17) is 16.3 Å². The highest BCUT2D eigenvalue weighted by molar-refractivity contribution is 6.30. The highest BCUT2D eigenvalue weighted by Gasteiger charge is 2.46. The molecule has 3 nitrogen and oxygen atoms in total. The molecule has 1 atom stereocenters. The number of carbonyl (C=O) groups is 1. The van der Waals surface area contributed by atoms with Crippen molar-refractivity contribution in [2.24, 2.45) is 0 Å². The number of nitrogens with zero attached hydrogens (tertiary/aromatic N) is 1. The van der Waals surface area contributed by atoms with Gasteiger partial charge in [0.2, 0.25) is 0 Å². The van der Waals surface area contributed by atoms with E-state index in [-0.39, 0.29) is 12.6 Å². The average Bonchev–Trinajstić information content (AvgIpc) is 2.77. The number of hydrogen-bond donors (Lipinski definition) is 0. The Morgan fingerprint density at radius 2 is 1.70 bits per heavy atom. The standard InChI is InChI=1S/C26H26ClNO2/c1-3-18-26(25(29)30-4-2,22-14-11-15-23(27)19-22)28(24-16-9-6-10-17-24)20-21-12-7-5-8-13-21/h3,5-17,19H,1,4,18,20H2,2H3. The van der Waals surface area contributed by atoms with E-state index in [2.05, 4.69) is 23.6 Å². The first kappa shape index (κ1) is 21.7. The van der Waals surface area contributed by atoms with Gasteiger partial charge in [-0.3, -0.25) is 0 Å². The fourth-order valence-electron chi connectivity index (χ4n) is 3.72. The lowest BCUT2D eigenvalue weighted by atomic mass is 9.83. The van der Waals surface area contributed by atoms with E-state index >= 15 is 0 Å². The summed E-state index contributed by atoms with van der Waals surface area (Å²) >= 11 is 6.35. The normalized spacial score (nSPS) is 12.6. The minimum Gasteiger partial charge on any atom is -0.464 e. The van der Waals surface area contributed by atoms with Gasteiger partial charge in [0.1, 0.15) is 0 Å². The van der Waals surface area contributed by atoms with Gasteiger partial charge in [0.05, 0.1) is 6.61 Å². The Morgan fingerprint density at radius 1 is 1.03 bits per heavy atom. The predicted octanol–water partition coefficient (Wildman–Crippen LogP) is 6.38. The van der Waals surface area contributed by atoms with Crippen LogP contribution < -0.4 is 4.90 Å². The van der Waals surface area contributed by atoms with Crippen LogP contribution in [0.1, 0.15) is 24.5 Å². The second-order valence-corrected chi connectivity index (χ2v) is 7.43. The second-order valence-electron chi connectivity index (χ2n) is 6.99. The number of halogens is 1. The van der Waals surface area contributed by atoms with Crippen LogP contribution >= 0.6 is 11.6 Å². The van der Waals surface area contributed by atoms with Crippen LogP contribution in [0.15, 0.2) is 97.6 Å². The predicted molar refractivity (Wildman–Crippen MR) is 124 cm³/mol. The fraction of sp³-hybridized carbons (Fsp3) is 0.192. The van der Waals surface area contributed by atoms with E-state index in [0.29, 0.717) is 18.0 Å². The molecule has 0 aromatic heterocycles. The van der Waals surface area contributed by atoms with Crippen LogP contribution in [-0.4, -0.2) is 12.6 Å². The summed E-state index contributed by atoms with van der Waals surface area (Å²) in [6.45, 7) is 6.57. The molecule has 0 N–H and O–H groups in total. The molecule has 3 aromatic rings. The summed E-state index contributed by atoms with van der Waals surface area (Å²) < 4.78 is 5.62. The summed E-state index contributed by atoms with van der Waals surface area (Å²) in [6, 6.07) is 27.4. The highest BCUT2D eigenvalue weighted by Crippen LogP contribution is 2.40. The van der Waals surface area contributed by atoms with Gasteiger partial charge in [-0.2, -0.15) is 0 Å². The second kappa shape index (κ2) is 10.1. The molecule has 4 heteroatoms. The molecule has 0 heterocycles. The topological polar surface area (TPSA) is 29.5 Å². The number of rotatable bonds is 9. The van der Waals surface area contributed by atoms with E-state index in [1.165, 1.54) is 0 Å². The highest BCUT2D eigenvalue weighted by atomic mass is 35.5. The summed E-state index contributed by atoms with van der Waals surface area (Å²) in [5.74, 6) is -0.327. The Labute approximate surface area is 183 Å². The van der Waals surface area contributed by atoms with Crippen molar-refractivity contribution in [3.63, 3.8) is 0 Å². The zero-order valence-corrected chi connectivity index (χ0v) is 17.9. The molecule has 0 bridgehead atoms. The molecule has 0 spiro atoms. The number of hydrogen-bond acceptors (Lipinski definition) is 3. The molecule has 0 fully saturated rings. The third-order valence-electron chi connectivity index (χ3n) is 5.07. The van der Waals surface area contributed by atoms with Crippen molar-refractivity contribution in [1.29, 1.82) is 0 Å². The molecule has 3 rings (SSSR count). The molecule has 0 saturated carbocycles. The fourth-order valence-corrected chi connectivity index (χ4v) is 3.91.